The number of sulfonamides is 1. The maximum atomic E-state index is 12.0. The van der Waals surface area contributed by atoms with Gasteiger partial charge < -0.3 is 5.73 Å². The molecule has 0 bridgehead atoms. The molecule has 4 aromatic rings. The van der Waals surface area contributed by atoms with Crippen LogP contribution in [-0.4, -0.2) is 28.6 Å². The summed E-state index contributed by atoms with van der Waals surface area (Å²) in [5.41, 5.74) is 8.91. The zero-order chi connectivity index (χ0) is 21.2. The van der Waals surface area contributed by atoms with Gasteiger partial charge in [0.2, 0.25) is 10.0 Å². The van der Waals surface area contributed by atoms with Crippen LogP contribution < -0.4 is 10.9 Å². The number of rotatable bonds is 2. The minimum atomic E-state index is -3.89. The number of pyridine rings is 2. The molecule has 0 radical (unpaired) electrons. The van der Waals surface area contributed by atoms with Gasteiger partial charge in [-0.2, -0.15) is 0 Å². The molecule has 5 rings (SSSR count). The van der Waals surface area contributed by atoms with Crippen molar-refractivity contribution in [1.82, 2.24) is 15.0 Å². The molecule has 0 saturated carbocycles. The lowest BCUT2D eigenvalue weighted by molar-refractivity contribution is 0.516. The van der Waals surface area contributed by atoms with E-state index in [4.69, 9.17) is 15.9 Å². The molecule has 0 amide bonds. The minimum Gasteiger partial charge on any atom is -0.316 e. The fourth-order valence-corrected chi connectivity index (χ4v) is 4.81. The second-order valence-electron chi connectivity index (χ2n) is 6.77. The van der Waals surface area contributed by atoms with Crippen molar-refractivity contribution in [2.75, 3.05) is 0 Å². The largest absolute Gasteiger partial charge is 0.316 e. The summed E-state index contributed by atoms with van der Waals surface area (Å²) in [6, 6.07) is 11.2. The molecule has 152 valence electrons. The van der Waals surface area contributed by atoms with Crippen LogP contribution in [0.1, 0.15) is 5.69 Å². The number of nitrogens with two attached hydrogens (primary N) is 2. The van der Waals surface area contributed by atoms with Crippen LogP contribution in [0.4, 0.5) is 0 Å². The lowest BCUT2D eigenvalue weighted by Gasteiger charge is -2.33. The fourth-order valence-electron chi connectivity index (χ4n) is 3.40. The van der Waals surface area contributed by atoms with Crippen molar-refractivity contribution in [3.63, 3.8) is 0 Å². The summed E-state index contributed by atoms with van der Waals surface area (Å²) < 4.78 is 24.1. The number of primary sulfonamides is 1. The molecule has 0 spiro atoms. The van der Waals surface area contributed by atoms with Gasteiger partial charge in [-0.25, -0.2) is 18.5 Å². The number of allylic oxidation sites excluding steroid dienone is 2. The average molecular weight is 438 g/mol. The Balaban J connectivity index is 0.000000383. The van der Waals surface area contributed by atoms with Crippen molar-refractivity contribution in [3.05, 3.63) is 89.7 Å². The first-order chi connectivity index (χ1) is 14.4. The number of thiazole rings is 1. The molecule has 9 heteroatoms. The number of nitrogens with zero attached hydrogens (tertiary/aromatic N) is 3. The lowest BCUT2D eigenvalue weighted by Crippen LogP contribution is -2.52. The smallest absolute Gasteiger partial charge is 0.218 e. The van der Waals surface area contributed by atoms with Gasteiger partial charge in [0.25, 0.3) is 0 Å². The molecule has 1 aromatic carbocycles. The van der Waals surface area contributed by atoms with Gasteiger partial charge in [-0.15, -0.1) is 11.3 Å². The summed E-state index contributed by atoms with van der Waals surface area (Å²) in [5.74, 6) is 0. The summed E-state index contributed by atoms with van der Waals surface area (Å²) >= 11 is 1.60. The predicted octanol–water partition coefficient (Wildman–Crippen LogP) is 2.86. The molecule has 3 heterocycles. The third kappa shape index (κ3) is 3.88. The first-order valence-corrected chi connectivity index (χ1v) is 11.6. The molecule has 1 aliphatic rings. The quantitative estimate of drug-likeness (QED) is 0.465. The number of benzene rings is 1. The van der Waals surface area contributed by atoms with Gasteiger partial charge in [0.1, 0.15) is 5.25 Å². The second-order valence-corrected chi connectivity index (χ2v) is 9.21. The van der Waals surface area contributed by atoms with E-state index < -0.39 is 20.8 Å². The van der Waals surface area contributed by atoms with Crippen LogP contribution in [0, 0.1) is 0 Å². The van der Waals surface area contributed by atoms with E-state index in [1.165, 1.54) is 6.08 Å². The Bertz CT molecular complexity index is 1330. The predicted molar refractivity (Wildman–Crippen MR) is 120 cm³/mol. The van der Waals surface area contributed by atoms with Gasteiger partial charge in [-0.05, 0) is 24.3 Å². The van der Waals surface area contributed by atoms with Gasteiger partial charge in [0.05, 0.1) is 27.8 Å². The Morgan fingerprint density at radius 1 is 1.07 bits per heavy atom. The Labute approximate surface area is 177 Å². The van der Waals surface area contributed by atoms with E-state index >= 15 is 0 Å². The van der Waals surface area contributed by atoms with Gasteiger partial charge in [-0.1, -0.05) is 36.4 Å². The number of hydrogen-bond donors (Lipinski definition) is 2. The van der Waals surface area contributed by atoms with E-state index in [2.05, 4.69) is 9.97 Å². The lowest BCUT2D eigenvalue weighted by atomic mass is 9.87. The van der Waals surface area contributed by atoms with Gasteiger partial charge in [0.15, 0.2) is 0 Å². The highest BCUT2D eigenvalue weighted by molar-refractivity contribution is 7.90. The summed E-state index contributed by atoms with van der Waals surface area (Å²) in [5, 5.41) is 8.05. The maximum absolute atomic E-state index is 12.0. The molecule has 3 aromatic heterocycles. The van der Waals surface area contributed by atoms with Gasteiger partial charge in [0, 0.05) is 28.5 Å². The molecule has 7 nitrogen and oxygen atoms in total. The molecule has 0 fully saturated rings. The molecule has 0 aliphatic heterocycles. The van der Waals surface area contributed by atoms with E-state index in [1.54, 1.807) is 53.5 Å². The van der Waals surface area contributed by atoms with E-state index in [0.717, 1.165) is 21.8 Å². The third-order valence-electron chi connectivity index (χ3n) is 4.83. The molecule has 4 N–H and O–H groups in total. The molecular weight excluding hydrogens is 418 g/mol. The van der Waals surface area contributed by atoms with Gasteiger partial charge in [-0.3, -0.25) is 9.97 Å². The summed E-state index contributed by atoms with van der Waals surface area (Å²) in [6.45, 7) is 0. The van der Waals surface area contributed by atoms with Crippen molar-refractivity contribution >= 4 is 43.2 Å². The van der Waals surface area contributed by atoms with Crippen LogP contribution in [0.5, 0.6) is 0 Å². The summed E-state index contributed by atoms with van der Waals surface area (Å²) in [7, 11) is -3.89. The highest BCUT2D eigenvalue weighted by Gasteiger charge is 2.42. The van der Waals surface area contributed by atoms with E-state index in [9.17, 15) is 8.42 Å². The summed E-state index contributed by atoms with van der Waals surface area (Å²) in [6.07, 6.45) is 9.93. The Morgan fingerprint density at radius 2 is 1.90 bits per heavy atom. The molecule has 2 atom stereocenters. The third-order valence-corrected chi connectivity index (χ3v) is 6.60. The van der Waals surface area contributed by atoms with E-state index in [-0.39, 0.29) is 0 Å². The van der Waals surface area contributed by atoms with E-state index in [1.807, 2.05) is 35.7 Å². The van der Waals surface area contributed by atoms with Crippen molar-refractivity contribution in [1.29, 1.82) is 0 Å². The molecule has 30 heavy (non-hydrogen) atoms. The standard InChI is InChI=1S/C18H16N4O2S.C3H3NS/c19-18(10-2-1-5-16(18)25(20,23)24)15-9-7-12-6-8-14-13(17(12)22-15)4-3-11-21-14;1-2-5-3-4-1/h1-11,16H,19H2,(H2,20,23,24);1-3H. The highest BCUT2D eigenvalue weighted by atomic mass is 32.2. The average Bonchev–Trinajstić information content (AvgIpc) is 3.33. The highest BCUT2D eigenvalue weighted by Crippen LogP contribution is 2.32. The molecule has 2 unspecified atom stereocenters. The van der Waals surface area contributed by atoms with Crippen molar-refractivity contribution < 1.29 is 8.42 Å². The van der Waals surface area contributed by atoms with Crippen LogP contribution in [0.3, 0.4) is 0 Å². The number of aromatic nitrogens is 3. The Hall–Kier alpha value is -2.98. The monoisotopic (exact) mass is 437 g/mol. The first-order valence-electron chi connectivity index (χ1n) is 9.03. The van der Waals surface area contributed by atoms with Crippen molar-refractivity contribution in [2.24, 2.45) is 10.9 Å². The Kier molecular flexibility index (Phi) is 5.44. The topological polar surface area (TPSA) is 125 Å². The zero-order valence-corrected chi connectivity index (χ0v) is 17.4. The fraction of sp³-hybridized carbons (Fsp3) is 0.0952. The Morgan fingerprint density at radius 3 is 2.60 bits per heavy atom. The molecule has 0 saturated heterocycles. The SMILES string of the molecule is NC1(c2ccc3ccc4ncccc4c3n2)C=CC=CC1S(N)(=O)=O.c1cscn1. The van der Waals surface area contributed by atoms with E-state index in [0.29, 0.717) is 5.69 Å². The van der Waals surface area contributed by atoms with Crippen LogP contribution in [0.15, 0.2) is 84.0 Å². The number of fused-ring (bicyclic) bond motifs is 3. The second kappa shape index (κ2) is 8.04. The van der Waals surface area contributed by atoms with Crippen molar-refractivity contribution in [3.8, 4) is 0 Å². The molecule has 1 aliphatic carbocycles. The normalized spacial score (nSPS) is 20.8. The maximum Gasteiger partial charge on any atom is 0.218 e. The van der Waals surface area contributed by atoms with Crippen LogP contribution >= 0.6 is 11.3 Å². The van der Waals surface area contributed by atoms with Gasteiger partial charge >= 0.3 is 0 Å². The molecular formula is C21H19N5O2S2. The minimum absolute atomic E-state index is 0.441. The van der Waals surface area contributed by atoms with Crippen molar-refractivity contribution in [2.45, 2.75) is 10.8 Å². The number of hydrogen-bond acceptors (Lipinski definition) is 7. The summed E-state index contributed by atoms with van der Waals surface area (Å²) in [4.78, 5) is 12.8. The zero-order valence-electron chi connectivity index (χ0n) is 15.8. The van der Waals surface area contributed by atoms with Crippen LogP contribution in [0.2, 0.25) is 0 Å². The van der Waals surface area contributed by atoms with Crippen LogP contribution in [0.25, 0.3) is 21.8 Å². The first kappa shape index (κ1) is 20.3. The van der Waals surface area contributed by atoms with Crippen LogP contribution in [-0.2, 0) is 15.6 Å².